The van der Waals surface area contributed by atoms with Gasteiger partial charge in [0.05, 0.1) is 12.7 Å². The van der Waals surface area contributed by atoms with Crippen LogP contribution in [0, 0.1) is 17.8 Å². The van der Waals surface area contributed by atoms with Crippen LogP contribution in [0.25, 0.3) is 0 Å². The summed E-state index contributed by atoms with van der Waals surface area (Å²) in [6.07, 6.45) is -0.791. The first kappa shape index (κ1) is 10.4. The monoisotopic (exact) mass is 244 g/mol. The molecule has 2 aliphatic heterocycles. The Morgan fingerprint density at radius 2 is 2.00 bits per heavy atom. The van der Waals surface area contributed by atoms with Crippen molar-refractivity contribution >= 4 is 11.6 Å². The van der Waals surface area contributed by atoms with Crippen LogP contribution in [-0.2, 0) is 14.3 Å². The lowest BCUT2D eigenvalue weighted by Crippen LogP contribution is -2.30. The number of fused-ring (bicyclic) bond motifs is 4. The van der Waals surface area contributed by atoms with Crippen LogP contribution in [0.4, 0.5) is 0 Å². The predicted octanol–water partition coefficient (Wildman–Crippen LogP) is 1.06. The van der Waals surface area contributed by atoms with Gasteiger partial charge in [-0.3, -0.25) is 9.59 Å². The number of ether oxygens (including phenoxy) is 2. The predicted molar refractivity (Wildman–Crippen MR) is 60.9 cm³/mol. The summed E-state index contributed by atoms with van der Waals surface area (Å²) in [5, 5.41) is 0. The summed E-state index contributed by atoms with van der Waals surface area (Å²) in [5.74, 6) is -0.329. The van der Waals surface area contributed by atoms with Crippen LogP contribution >= 0.6 is 0 Å². The summed E-state index contributed by atoms with van der Waals surface area (Å²) in [5.41, 5.74) is 0.682. The van der Waals surface area contributed by atoms with Crippen LogP contribution < -0.4 is 0 Å². The second-order valence-electron chi connectivity index (χ2n) is 5.10. The molecule has 0 spiro atoms. The first-order valence-corrected chi connectivity index (χ1v) is 6.17. The lowest BCUT2D eigenvalue weighted by Gasteiger charge is -2.14. The molecule has 4 heteroatoms. The minimum atomic E-state index is -0.718. The van der Waals surface area contributed by atoms with Crippen LogP contribution in [0.3, 0.4) is 0 Å². The maximum Gasteiger partial charge on any atom is 0.218 e. The Morgan fingerprint density at radius 1 is 1.22 bits per heavy atom. The Labute approximate surface area is 104 Å². The summed E-state index contributed by atoms with van der Waals surface area (Å²) < 4.78 is 10.7. The van der Waals surface area contributed by atoms with Crippen LogP contribution in [0.2, 0.25) is 0 Å². The number of hydrogen-bond acceptors (Lipinski definition) is 4. The van der Waals surface area contributed by atoms with Gasteiger partial charge in [0.25, 0.3) is 0 Å². The zero-order chi connectivity index (χ0) is 12.3. The molecule has 0 amide bonds. The fourth-order valence-electron chi connectivity index (χ4n) is 3.22. The van der Waals surface area contributed by atoms with Gasteiger partial charge in [0, 0.05) is 23.3 Å². The SMILES string of the molecule is O=C(c1ccccc1)[C@@H]1[C@H]2C(=O)[C@H]3OC[C@@H](O3)[C@@H]12. The quantitative estimate of drug-likeness (QED) is 0.730. The highest BCUT2D eigenvalue weighted by Gasteiger charge is 2.68. The van der Waals surface area contributed by atoms with Gasteiger partial charge < -0.3 is 9.47 Å². The van der Waals surface area contributed by atoms with Crippen molar-refractivity contribution in [2.45, 2.75) is 12.4 Å². The van der Waals surface area contributed by atoms with Crippen molar-refractivity contribution in [2.75, 3.05) is 6.61 Å². The van der Waals surface area contributed by atoms with Gasteiger partial charge in [-0.2, -0.15) is 0 Å². The van der Waals surface area contributed by atoms with Gasteiger partial charge in [0.15, 0.2) is 11.6 Å². The average Bonchev–Trinajstić information content (AvgIpc) is 3.02. The molecule has 0 N–H and O–H groups in total. The van der Waals surface area contributed by atoms with E-state index in [1.54, 1.807) is 12.1 Å². The largest absolute Gasteiger partial charge is 0.343 e. The van der Waals surface area contributed by atoms with Crippen molar-refractivity contribution < 1.29 is 19.1 Å². The van der Waals surface area contributed by atoms with Crippen molar-refractivity contribution in [3.63, 3.8) is 0 Å². The van der Waals surface area contributed by atoms with E-state index in [2.05, 4.69) is 0 Å². The fraction of sp³-hybridized carbons (Fsp3) is 0.429. The molecule has 5 atom stereocenters. The first-order chi connectivity index (χ1) is 8.77. The average molecular weight is 244 g/mol. The Morgan fingerprint density at radius 3 is 2.78 bits per heavy atom. The maximum absolute atomic E-state index is 12.3. The minimum Gasteiger partial charge on any atom is -0.343 e. The maximum atomic E-state index is 12.3. The van der Waals surface area contributed by atoms with E-state index in [0.717, 1.165) is 0 Å². The van der Waals surface area contributed by atoms with Gasteiger partial charge in [-0.1, -0.05) is 30.3 Å². The number of rotatable bonds is 2. The number of ketones is 2. The second-order valence-corrected chi connectivity index (χ2v) is 5.10. The normalized spacial score (nSPS) is 40.4. The Kier molecular flexibility index (Phi) is 2.02. The number of carbonyl (C=O) groups excluding carboxylic acids is 2. The van der Waals surface area contributed by atoms with Crippen LogP contribution in [0.5, 0.6) is 0 Å². The van der Waals surface area contributed by atoms with Gasteiger partial charge in [-0.25, -0.2) is 0 Å². The highest BCUT2D eigenvalue weighted by Crippen LogP contribution is 2.57. The summed E-state index contributed by atoms with van der Waals surface area (Å²) >= 11 is 0. The molecule has 1 aromatic carbocycles. The Bertz CT molecular complexity index is 524. The van der Waals surface area contributed by atoms with Crippen LogP contribution in [-0.4, -0.2) is 30.6 Å². The molecule has 2 saturated heterocycles. The zero-order valence-electron chi connectivity index (χ0n) is 9.61. The number of hydrogen-bond donors (Lipinski definition) is 0. The molecule has 4 nitrogen and oxygen atoms in total. The first-order valence-electron chi connectivity index (χ1n) is 6.17. The van der Waals surface area contributed by atoms with Gasteiger partial charge in [-0.05, 0) is 0 Å². The molecule has 92 valence electrons. The van der Waals surface area contributed by atoms with Crippen LogP contribution in [0.15, 0.2) is 30.3 Å². The minimum absolute atomic E-state index is 0.0314. The number of Topliss-reactive ketones (excluding diaryl/α,β-unsaturated/α-hetero) is 2. The lowest BCUT2D eigenvalue weighted by molar-refractivity contribution is -0.153. The molecule has 4 rings (SSSR count). The molecule has 2 heterocycles. The molecule has 3 fully saturated rings. The van der Waals surface area contributed by atoms with E-state index in [9.17, 15) is 9.59 Å². The van der Waals surface area contributed by atoms with Crippen molar-refractivity contribution in [2.24, 2.45) is 17.8 Å². The molecule has 1 saturated carbocycles. The molecule has 1 aromatic rings. The topological polar surface area (TPSA) is 52.6 Å². The van der Waals surface area contributed by atoms with E-state index in [1.165, 1.54) is 0 Å². The third-order valence-electron chi connectivity index (χ3n) is 4.14. The van der Waals surface area contributed by atoms with Gasteiger partial charge in [0.1, 0.15) is 0 Å². The van der Waals surface area contributed by atoms with E-state index in [0.29, 0.717) is 12.2 Å². The van der Waals surface area contributed by atoms with E-state index in [1.807, 2.05) is 18.2 Å². The smallest absolute Gasteiger partial charge is 0.218 e. The summed E-state index contributed by atoms with van der Waals surface area (Å²) in [7, 11) is 0. The number of carbonyl (C=O) groups is 2. The molecular weight excluding hydrogens is 232 g/mol. The Balaban J connectivity index is 1.62. The van der Waals surface area contributed by atoms with E-state index in [-0.39, 0.29) is 35.4 Å². The standard InChI is InChI=1S/C14H12O4/c15-12(7-4-2-1-3-5-7)10-9-8-6-17-14(18-8)13(16)11(9)10/h1-5,8-11,14H,6H2/t8-,9+,10+,11+,14+/m1/s1. The van der Waals surface area contributed by atoms with Crippen molar-refractivity contribution in [3.05, 3.63) is 35.9 Å². The highest BCUT2D eigenvalue weighted by molar-refractivity contribution is 6.05. The van der Waals surface area contributed by atoms with E-state index < -0.39 is 6.29 Å². The molecule has 18 heavy (non-hydrogen) atoms. The second kappa shape index (κ2) is 3.49. The lowest BCUT2D eigenvalue weighted by atomic mass is 10.0. The summed E-state index contributed by atoms with van der Waals surface area (Å²) in [6.45, 7) is 0.441. The summed E-state index contributed by atoms with van der Waals surface area (Å²) in [4.78, 5) is 24.3. The number of benzene rings is 1. The van der Waals surface area contributed by atoms with Crippen molar-refractivity contribution in [1.29, 1.82) is 0 Å². The van der Waals surface area contributed by atoms with Gasteiger partial charge in [0.2, 0.25) is 6.29 Å². The molecule has 2 bridgehead atoms. The zero-order valence-corrected chi connectivity index (χ0v) is 9.61. The molecule has 0 radical (unpaired) electrons. The highest BCUT2D eigenvalue weighted by atomic mass is 16.7. The fourth-order valence-corrected chi connectivity index (χ4v) is 3.22. The van der Waals surface area contributed by atoms with Gasteiger partial charge in [-0.15, -0.1) is 0 Å². The Hall–Kier alpha value is -1.52. The van der Waals surface area contributed by atoms with E-state index in [4.69, 9.17) is 9.47 Å². The molecular formula is C14H12O4. The molecule has 3 aliphatic rings. The third kappa shape index (κ3) is 1.27. The van der Waals surface area contributed by atoms with Crippen molar-refractivity contribution in [3.8, 4) is 0 Å². The molecule has 0 aromatic heterocycles. The van der Waals surface area contributed by atoms with Crippen LogP contribution in [0.1, 0.15) is 10.4 Å². The molecule has 1 aliphatic carbocycles. The van der Waals surface area contributed by atoms with Gasteiger partial charge >= 0.3 is 0 Å². The third-order valence-corrected chi connectivity index (χ3v) is 4.14. The summed E-state index contributed by atoms with van der Waals surface area (Å²) in [6, 6.07) is 9.15. The van der Waals surface area contributed by atoms with E-state index >= 15 is 0 Å². The van der Waals surface area contributed by atoms with Crippen molar-refractivity contribution in [1.82, 2.24) is 0 Å². The molecule has 0 unspecified atom stereocenters.